The number of ether oxygens (including phenoxy) is 3. The van der Waals surface area contributed by atoms with E-state index in [1.165, 1.54) is 44.3 Å². The second kappa shape index (κ2) is 7.65. The molecule has 1 aromatic carbocycles. The van der Waals surface area contributed by atoms with Gasteiger partial charge in [0.25, 0.3) is 0 Å². The molecular weight excluding hydrogens is 328 g/mol. The molecule has 1 saturated heterocycles. The zero-order valence-electron chi connectivity index (χ0n) is 16.4. The molecule has 3 aliphatic rings. The molecule has 0 amide bonds. The summed E-state index contributed by atoms with van der Waals surface area (Å²) in [5.41, 5.74) is 1.22. The molecule has 5 nitrogen and oxygen atoms in total. The Morgan fingerprint density at radius 3 is 2.08 bits per heavy atom. The van der Waals surface area contributed by atoms with Crippen molar-refractivity contribution in [2.75, 3.05) is 47.5 Å². The Kier molecular flexibility index (Phi) is 5.28. The van der Waals surface area contributed by atoms with Crippen LogP contribution in [0.5, 0.6) is 17.2 Å². The third-order valence-corrected chi connectivity index (χ3v) is 6.71. The van der Waals surface area contributed by atoms with Gasteiger partial charge in [0, 0.05) is 38.8 Å². The minimum atomic E-state index is 0.667. The lowest BCUT2D eigenvalue weighted by atomic mass is 9.93. The Hall–Kier alpha value is -1.46. The van der Waals surface area contributed by atoms with Crippen LogP contribution >= 0.6 is 0 Å². The van der Waals surface area contributed by atoms with E-state index in [0.717, 1.165) is 49.0 Å². The van der Waals surface area contributed by atoms with Crippen LogP contribution in [0.25, 0.3) is 0 Å². The molecule has 1 aromatic rings. The van der Waals surface area contributed by atoms with E-state index in [9.17, 15) is 0 Å². The quantitative estimate of drug-likeness (QED) is 0.779. The minimum Gasteiger partial charge on any atom is -0.493 e. The van der Waals surface area contributed by atoms with Crippen molar-refractivity contribution >= 4 is 0 Å². The molecule has 3 fully saturated rings. The maximum Gasteiger partial charge on any atom is 0.203 e. The van der Waals surface area contributed by atoms with Crippen LogP contribution in [0, 0.1) is 11.8 Å². The van der Waals surface area contributed by atoms with E-state index in [2.05, 4.69) is 21.9 Å². The zero-order valence-corrected chi connectivity index (χ0v) is 16.4. The maximum absolute atomic E-state index is 5.49. The van der Waals surface area contributed by atoms with Crippen LogP contribution in [0.15, 0.2) is 12.1 Å². The van der Waals surface area contributed by atoms with Crippen molar-refractivity contribution in [3.05, 3.63) is 17.7 Å². The fourth-order valence-corrected chi connectivity index (χ4v) is 5.40. The van der Waals surface area contributed by atoms with E-state index in [1.807, 2.05) is 0 Å². The number of benzene rings is 1. The van der Waals surface area contributed by atoms with E-state index >= 15 is 0 Å². The standard InChI is InChI=1S/C21H32N2O3/c1-24-19-12-16(13-20(25-2)21(19)26-3)14-22-6-8-23(9-7-22)18-11-15-4-5-17(18)10-15/h12-13,15,17-18H,4-11,14H2,1-3H3. The molecule has 5 heteroatoms. The Labute approximate surface area is 157 Å². The molecule has 144 valence electrons. The summed E-state index contributed by atoms with van der Waals surface area (Å²) < 4.78 is 16.4. The molecule has 26 heavy (non-hydrogen) atoms. The van der Waals surface area contributed by atoms with Gasteiger partial charge in [-0.05, 0) is 48.8 Å². The van der Waals surface area contributed by atoms with Crippen LogP contribution in [0.4, 0.5) is 0 Å². The SMILES string of the molecule is COc1cc(CN2CCN(C3CC4CCC3C4)CC2)cc(OC)c1OC. The van der Waals surface area contributed by atoms with Gasteiger partial charge in [0.15, 0.2) is 11.5 Å². The molecule has 4 rings (SSSR count). The molecule has 3 atom stereocenters. The van der Waals surface area contributed by atoms with Gasteiger partial charge in [-0.1, -0.05) is 6.42 Å². The predicted molar refractivity (Wildman–Crippen MR) is 102 cm³/mol. The van der Waals surface area contributed by atoms with Crippen molar-refractivity contribution in [1.29, 1.82) is 0 Å². The van der Waals surface area contributed by atoms with Gasteiger partial charge in [0.05, 0.1) is 21.3 Å². The van der Waals surface area contributed by atoms with Gasteiger partial charge in [-0.15, -0.1) is 0 Å². The second-order valence-electron chi connectivity index (χ2n) is 8.09. The van der Waals surface area contributed by atoms with Crippen LogP contribution in [-0.4, -0.2) is 63.4 Å². The van der Waals surface area contributed by atoms with E-state index in [0.29, 0.717) is 5.75 Å². The summed E-state index contributed by atoms with van der Waals surface area (Å²) in [6.07, 6.45) is 5.91. The first kappa shape index (κ1) is 17.9. The fraction of sp³-hybridized carbons (Fsp3) is 0.714. The Morgan fingerprint density at radius 2 is 1.58 bits per heavy atom. The first-order valence-electron chi connectivity index (χ1n) is 9.97. The largest absolute Gasteiger partial charge is 0.493 e. The van der Waals surface area contributed by atoms with Gasteiger partial charge in [0.1, 0.15) is 0 Å². The number of hydrogen-bond acceptors (Lipinski definition) is 5. The third kappa shape index (κ3) is 3.39. The van der Waals surface area contributed by atoms with Crippen LogP contribution in [0.1, 0.15) is 31.2 Å². The van der Waals surface area contributed by atoms with Gasteiger partial charge >= 0.3 is 0 Å². The summed E-state index contributed by atoms with van der Waals surface area (Å²) in [4.78, 5) is 5.32. The minimum absolute atomic E-state index is 0.667. The normalized spacial score (nSPS) is 29.1. The van der Waals surface area contributed by atoms with Crippen molar-refractivity contribution in [2.24, 2.45) is 11.8 Å². The molecule has 2 aliphatic carbocycles. The number of piperazine rings is 1. The summed E-state index contributed by atoms with van der Waals surface area (Å²) in [5, 5.41) is 0. The lowest BCUT2D eigenvalue weighted by Gasteiger charge is -2.41. The number of hydrogen-bond donors (Lipinski definition) is 0. The highest BCUT2D eigenvalue weighted by Gasteiger charge is 2.42. The van der Waals surface area contributed by atoms with Crippen molar-refractivity contribution in [2.45, 2.75) is 38.3 Å². The number of nitrogens with zero attached hydrogens (tertiary/aromatic N) is 2. The van der Waals surface area contributed by atoms with Gasteiger partial charge in [-0.3, -0.25) is 9.80 Å². The second-order valence-corrected chi connectivity index (χ2v) is 8.09. The van der Waals surface area contributed by atoms with Gasteiger partial charge in [-0.2, -0.15) is 0 Å². The summed E-state index contributed by atoms with van der Waals surface area (Å²) in [6.45, 7) is 5.63. The molecule has 1 heterocycles. The zero-order chi connectivity index (χ0) is 18.1. The summed E-state index contributed by atoms with van der Waals surface area (Å²) in [5.74, 6) is 4.16. The molecule has 0 spiro atoms. The van der Waals surface area contributed by atoms with Crippen LogP contribution in [-0.2, 0) is 6.54 Å². The molecule has 0 N–H and O–H groups in total. The third-order valence-electron chi connectivity index (χ3n) is 6.71. The molecule has 2 saturated carbocycles. The number of rotatable bonds is 6. The van der Waals surface area contributed by atoms with Crippen molar-refractivity contribution < 1.29 is 14.2 Å². The monoisotopic (exact) mass is 360 g/mol. The topological polar surface area (TPSA) is 34.2 Å². The van der Waals surface area contributed by atoms with Crippen molar-refractivity contribution in [3.8, 4) is 17.2 Å². The highest BCUT2D eigenvalue weighted by molar-refractivity contribution is 5.53. The van der Waals surface area contributed by atoms with E-state index in [-0.39, 0.29) is 0 Å². The molecule has 1 aliphatic heterocycles. The van der Waals surface area contributed by atoms with Gasteiger partial charge < -0.3 is 14.2 Å². The summed E-state index contributed by atoms with van der Waals surface area (Å²) in [7, 11) is 5.00. The highest BCUT2D eigenvalue weighted by Crippen LogP contribution is 2.46. The highest BCUT2D eigenvalue weighted by atomic mass is 16.5. The van der Waals surface area contributed by atoms with Crippen molar-refractivity contribution in [1.82, 2.24) is 9.80 Å². The first-order valence-corrected chi connectivity index (χ1v) is 9.97. The molecule has 2 bridgehead atoms. The molecule has 0 radical (unpaired) electrons. The Morgan fingerprint density at radius 1 is 0.885 bits per heavy atom. The Balaban J connectivity index is 1.37. The van der Waals surface area contributed by atoms with E-state index < -0.39 is 0 Å². The first-order chi connectivity index (χ1) is 12.7. The smallest absolute Gasteiger partial charge is 0.203 e. The molecule has 3 unspecified atom stereocenters. The molecule has 0 aromatic heterocycles. The van der Waals surface area contributed by atoms with Crippen molar-refractivity contribution in [3.63, 3.8) is 0 Å². The van der Waals surface area contributed by atoms with E-state index in [4.69, 9.17) is 14.2 Å². The van der Waals surface area contributed by atoms with Gasteiger partial charge in [-0.25, -0.2) is 0 Å². The number of fused-ring (bicyclic) bond motifs is 2. The average Bonchev–Trinajstić information content (AvgIpc) is 3.31. The van der Waals surface area contributed by atoms with Crippen LogP contribution < -0.4 is 14.2 Å². The van der Waals surface area contributed by atoms with Gasteiger partial charge in [0.2, 0.25) is 5.75 Å². The van der Waals surface area contributed by atoms with E-state index in [1.54, 1.807) is 21.3 Å². The predicted octanol–water partition coefficient (Wildman–Crippen LogP) is 3.02. The fourth-order valence-electron chi connectivity index (χ4n) is 5.40. The maximum atomic E-state index is 5.49. The lowest BCUT2D eigenvalue weighted by Crippen LogP contribution is -2.51. The average molecular weight is 360 g/mol. The van der Waals surface area contributed by atoms with Crippen LogP contribution in [0.3, 0.4) is 0 Å². The summed E-state index contributed by atoms with van der Waals surface area (Å²) >= 11 is 0. The summed E-state index contributed by atoms with van der Waals surface area (Å²) in [6, 6.07) is 5.02. The number of methoxy groups -OCH3 is 3. The molecular formula is C21H32N2O3. The van der Waals surface area contributed by atoms with Crippen LogP contribution in [0.2, 0.25) is 0 Å². The Bertz CT molecular complexity index is 603. The lowest BCUT2D eigenvalue weighted by molar-refractivity contribution is 0.0679.